The third-order valence-electron chi connectivity index (χ3n) is 3.25. The standard InChI is InChI=1S/C17H18N4/c1-12(2)18-9-13-10-19-17(20-11-13)16-8-7-14-5-3-4-6-15(14)21-16/h3-8,10-12,18H,9H2,1-2H3. The van der Waals surface area contributed by atoms with Crippen molar-refractivity contribution in [3.8, 4) is 11.5 Å². The summed E-state index contributed by atoms with van der Waals surface area (Å²) in [7, 11) is 0. The van der Waals surface area contributed by atoms with Crippen LogP contribution in [0.5, 0.6) is 0 Å². The fraction of sp³-hybridized carbons (Fsp3) is 0.235. The van der Waals surface area contributed by atoms with E-state index in [0.717, 1.165) is 28.7 Å². The average molecular weight is 278 g/mol. The predicted octanol–water partition coefficient (Wildman–Crippen LogP) is 3.19. The van der Waals surface area contributed by atoms with E-state index in [-0.39, 0.29) is 0 Å². The number of para-hydroxylation sites is 1. The Morgan fingerprint density at radius 1 is 1.00 bits per heavy atom. The number of nitrogens with zero attached hydrogens (tertiary/aromatic N) is 3. The van der Waals surface area contributed by atoms with Crippen molar-refractivity contribution in [2.45, 2.75) is 26.4 Å². The van der Waals surface area contributed by atoms with E-state index in [0.29, 0.717) is 11.9 Å². The highest BCUT2D eigenvalue weighted by atomic mass is 14.9. The normalized spacial score (nSPS) is 11.2. The molecule has 0 saturated carbocycles. The van der Waals surface area contributed by atoms with Crippen LogP contribution in [0.1, 0.15) is 19.4 Å². The Morgan fingerprint density at radius 2 is 1.76 bits per heavy atom. The molecule has 0 spiro atoms. The largest absolute Gasteiger partial charge is 0.310 e. The first-order valence-electron chi connectivity index (χ1n) is 7.13. The second kappa shape index (κ2) is 5.97. The van der Waals surface area contributed by atoms with Crippen LogP contribution in [-0.2, 0) is 6.54 Å². The summed E-state index contributed by atoms with van der Waals surface area (Å²) in [6.07, 6.45) is 3.71. The maximum absolute atomic E-state index is 4.61. The number of hydrogen-bond donors (Lipinski definition) is 1. The third kappa shape index (κ3) is 3.23. The van der Waals surface area contributed by atoms with Gasteiger partial charge in [0.2, 0.25) is 0 Å². The Bertz CT molecular complexity index is 735. The summed E-state index contributed by atoms with van der Waals surface area (Å²) < 4.78 is 0. The van der Waals surface area contributed by atoms with E-state index in [1.807, 2.05) is 42.7 Å². The van der Waals surface area contributed by atoms with Gasteiger partial charge in [-0.15, -0.1) is 0 Å². The first-order valence-corrected chi connectivity index (χ1v) is 7.13. The fourth-order valence-corrected chi connectivity index (χ4v) is 2.09. The number of hydrogen-bond acceptors (Lipinski definition) is 4. The molecular weight excluding hydrogens is 260 g/mol. The van der Waals surface area contributed by atoms with Crippen LogP contribution in [0.15, 0.2) is 48.8 Å². The summed E-state index contributed by atoms with van der Waals surface area (Å²) in [4.78, 5) is 13.4. The van der Waals surface area contributed by atoms with Crippen molar-refractivity contribution < 1.29 is 0 Å². The molecule has 0 aliphatic heterocycles. The maximum atomic E-state index is 4.61. The summed E-state index contributed by atoms with van der Waals surface area (Å²) in [6, 6.07) is 12.5. The molecule has 21 heavy (non-hydrogen) atoms. The summed E-state index contributed by atoms with van der Waals surface area (Å²) in [5.74, 6) is 0.661. The minimum atomic E-state index is 0.451. The van der Waals surface area contributed by atoms with Crippen molar-refractivity contribution in [3.05, 3.63) is 54.4 Å². The Kier molecular flexibility index (Phi) is 3.88. The first kappa shape index (κ1) is 13.6. The van der Waals surface area contributed by atoms with Crippen LogP contribution >= 0.6 is 0 Å². The zero-order valence-corrected chi connectivity index (χ0v) is 12.2. The van der Waals surface area contributed by atoms with Crippen LogP contribution in [0.2, 0.25) is 0 Å². The maximum Gasteiger partial charge on any atom is 0.178 e. The van der Waals surface area contributed by atoms with Crippen LogP contribution in [0.3, 0.4) is 0 Å². The number of benzene rings is 1. The molecule has 3 aromatic rings. The SMILES string of the molecule is CC(C)NCc1cnc(-c2ccc3ccccc3n2)nc1. The van der Waals surface area contributed by atoms with E-state index >= 15 is 0 Å². The molecule has 1 aromatic carbocycles. The summed E-state index contributed by atoms with van der Waals surface area (Å²) in [6.45, 7) is 5.02. The summed E-state index contributed by atoms with van der Waals surface area (Å²) >= 11 is 0. The van der Waals surface area contributed by atoms with E-state index in [4.69, 9.17) is 0 Å². The Morgan fingerprint density at radius 3 is 2.52 bits per heavy atom. The average Bonchev–Trinajstić information content (AvgIpc) is 2.53. The van der Waals surface area contributed by atoms with Crippen molar-refractivity contribution in [3.63, 3.8) is 0 Å². The topological polar surface area (TPSA) is 50.7 Å². The lowest BCUT2D eigenvalue weighted by Crippen LogP contribution is -2.21. The number of rotatable bonds is 4. The van der Waals surface area contributed by atoms with Gasteiger partial charge in [0.1, 0.15) is 5.69 Å². The predicted molar refractivity (Wildman–Crippen MR) is 84.7 cm³/mol. The molecular formula is C17H18N4. The number of aromatic nitrogens is 3. The van der Waals surface area contributed by atoms with Gasteiger partial charge in [0.25, 0.3) is 0 Å². The molecule has 0 unspecified atom stereocenters. The lowest BCUT2D eigenvalue weighted by atomic mass is 10.2. The number of nitrogens with one attached hydrogen (secondary N) is 1. The Hall–Kier alpha value is -2.33. The molecule has 3 rings (SSSR count). The lowest BCUT2D eigenvalue weighted by molar-refractivity contribution is 0.587. The molecule has 0 aliphatic rings. The van der Waals surface area contributed by atoms with Gasteiger partial charge in [-0.3, -0.25) is 0 Å². The van der Waals surface area contributed by atoms with Crippen molar-refractivity contribution in [2.75, 3.05) is 0 Å². The van der Waals surface area contributed by atoms with E-state index in [1.165, 1.54) is 0 Å². The van der Waals surface area contributed by atoms with Crippen LogP contribution in [-0.4, -0.2) is 21.0 Å². The number of fused-ring (bicyclic) bond motifs is 1. The molecule has 4 heteroatoms. The molecule has 0 amide bonds. The van der Waals surface area contributed by atoms with Gasteiger partial charge >= 0.3 is 0 Å². The molecule has 1 N–H and O–H groups in total. The van der Waals surface area contributed by atoms with Crippen molar-refractivity contribution in [1.82, 2.24) is 20.3 Å². The van der Waals surface area contributed by atoms with Gasteiger partial charge < -0.3 is 5.32 Å². The van der Waals surface area contributed by atoms with E-state index in [9.17, 15) is 0 Å². The quantitative estimate of drug-likeness (QED) is 0.796. The highest BCUT2D eigenvalue weighted by molar-refractivity contribution is 5.80. The van der Waals surface area contributed by atoms with Gasteiger partial charge in [0.05, 0.1) is 5.52 Å². The molecule has 4 nitrogen and oxygen atoms in total. The van der Waals surface area contributed by atoms with Gasteiger partial charge in [-0.1, -0.05) is 38.1 Å². The molecule has 0 radical (unpaired) electrons. The van der Waals surface area contributed by atoms with Gasteiger partial charge in [-0.2, -0.15) is 0 Å². The van der Waals surface area contributed by atoms with E-state index < -0.39 is 0 Å². The van der Waals surface area contributed by atoms with Gasteiger partial charge in [-0.05, 0) is 12.1 Å². The summed E-state index contributed by atoms with van der Waals surface area (Å²) in [5, 5.41) is 4.47. The van der Waals surface area contributed by atoms with Crippen LogP contribution in [0, 0.1) is 0 Å². The molecule has 2 aromatic heterocycles. The Labute approximate surface area is 124 Å². The molecule has 106 valence electrons. The summed E-state index contributed by atoms with van der Waals surface area (Å²) in [5.41, 5.74) is 2.84. The lowest BCUT2D eigenvalue weighted by Gasteiger charge is -2.07. The van der Waals surface area contributed by atoms with Crippen LogP contribution < -0.4 is 5.32 Å². The molecule has 0 atom stereocenters. The van der Waals surface area contributed by atoms with Crippen molar-refractivity contribution in [2.24, 2.45) is 0 Å². The fourth-order valence-electron chi connectivity index (χ4n) is 2.09. The van der Waals surface area contributed by atoms with Crippen molar-refractivity contribution in [1.29, 1.82) is 0 Å². The smallest absolute Gasteiger partial charge is 0.178 e. The third-order valence-corrected chi connectivity index (χ3v) is 3.25. The molecule has 0 bridgehead atoms. The van der Waals surface area contributed by atoms with E-state index in [2.05, 4.69) is 40.2 Å². The number of pyridine rings is 1. The zero-order chi connectivity index (χ0) is 14.7. The molecule has 0 saturated heterocycles. The van der Waals surface area contributed by atoms with Gasteiger partial charge in [0, 0.05) is 35.9 Å². The van der Waals surface area contributed by atoms with Crippen molar-refractivity contribution >= 4 is 10.9 Å². The highest BCUT2D eigenvalue weighted by Gasteiger charge is 2.04. The van der Waals surface area contributed by atoms with E-state index in [1.54, 1.807) is 0 Å². The minimum absolute atomic E-state index is 0.451. The second-order valence-corrected chi connectivity index (χ2v) is 5.34. The second-order valence-electron chi connectivity index (χ2n) is 5.34. The minimum Gasteiger partial charge on any atom is -0.310 e. The first-order chi connectivity index (χ1) is 10.2. The van der Waals surface area contributed by atoms with Crippen LogP contribution in [0.25, 0.3) is 22.4 Å². The molecule has 0 fully saturated rings. The zero-order valence-electron chi connectivity index (χ0n) is 12.2. The molecule has 2 heterocycles. The molecule has 0 aliphatic carbocycles. The monoisotopic (exact) mass is 278 g/mol. The van der Waals surface area contributed by atoms with Crippen LogP contribution in [0.4, 0.5) is 0 Å². The van der Waals surface area contributed by atoms with Gasteiger partial charge in [0.15, 0.2) is 5.82 Å². The van der Waals surface area contributed by atoms with Gasteiger partial charge in [-0.25, -0.2) is 15.0 Å². The highest BCUT2D eigenvalue weighted by Crippen LogP contribution is 2.17. The Balaban J connectivity index is 1.85.